The van der Waals surface area contributed by atoms with Crippen LogP contribution in [0.2, 0.25) is 0 Å². The average Bonchev–Trinajstić information content (AvgIpc) is 3.38. The number of carbonyl (C=O) groups excluding carboxylic acids is 1. The molecule has 8 nitrogen and oxygen atoms in total. The van der Waals surface area contributed by atoms with Crippen LogP contribution >= 0.6 is 11.3 Å². The summed E-state index contributed by atoms with van der Waals surface area (Å²) in [6.45, 7) is 0.00773. The topological polar surface area (TPSA) is 115 Å². The Morgan fingerprint density at radius 2 is 2.03 bits per heavy atom. The summed E-state index contributed by atoms with van der Waals surface area (Å²) >= 11 is 1.43. The van der Waals surface area contributed by atoms with Gasteiger partial charge in [-0.25, -0.2) is 4.79 Å². The lowest BCUT2D eigenvalue weighted by Gasteiger charge is -2.20. The van der Waals surface area contributed by atoms with Crippen molar-refractivity contribution in [3.05, 3.63) is 77.3 Å². The number of amides is 1. The third-order valence-electron chi connectivity index (χ3n) is 4.64. The Hall–Kier alpha value is -3.85. The number of hydrogen-bond donors (Lipinski definition) is 3. The van der Waals surface area contributed by atoms with Crippen molar-refractivity contribution in [3.8, 4) is 5.75 Å². The normalized spacial score (nSPS) is 11.8. The summed E-state index contributed by atoms with van der Waals surface area (Å²) in [7, 11) is 1.72. The average molecular weight is 436 g/mol. The molecule has 0 aliphatic carbocycles. The second kappa shape index (κ2) is 8.88. The number of nitrogens with zero attached hydrogens (tertiary/aromatic N) is 2. The summed E-state index contributed by atoms with van der Waals surface area (Å²) in [6, 6.07) is 18.8. The van der Waals surface area contributed by atoms with E-state index >= 15 is 0 Å². The first-order valence-electron chi connectivity index (χ1n) is 9.51. The maximum atomic E-state index is 12.3. The van der Waals surface area contributed by atoms with Crippen molar-refractivity contribution in [1.29, 1.82) is 5.41 Å². The molecule has 1 atom stereocenters. The largest absolute Gasteiger partial charge is 0.481 e. The van der Waals surface area contributed by atoms with Gasteiger partial charge in [-0.1, -0.05) is 36.4 Å². The van der Waals surface area contributed by atoms with Crippen molar-refractivity contribution in [2.24, 2.45) is 12.8 Å². The molecule has 4 N–H and O–H groups in total. The highest BCUT2D eigenvalue weighted by Gasteiger charge is 2.19. The molecule has 0 saturated carbocycles. The minimum absolute atomic E-state index is 0.00773. The van der Waals surface area contributed by atoms with E-state index < -0.39 is 12.2 Å². The second-order valence-electron chi connectivity index (χ2n) is 6.77. The number of nitrogen functional groups attached to an aromatic ring is 1. The predicted molar refractivity (Wildman–Crippen MR) is 121 cm³/mol. The molecule has 1 amide bonds. The Kier molecular flexibility index (Phi) is 5.85. The number of ether oxygens (including phenoxy) is 2. The Balaban J connectivity index is 1.55. The van der Waals surface area contributed by atoms with E-state index in [1.165, 1.54) is 16.0 Å². The summed E-state index contributed by atoms with van der Waals surface area (Å²) in [5, 5.41) is 15.2. The quantitative estimate of drug-likeness (QED) is 0.296. The summed E-state index contributed by atoms with van der Waals surface area (Å²) in [4.78, 5) is 13.0. The minimum atomic E-state index is -0.597. The van der Waals surface area contributed by atoms with E-state index in [0.717, 1.165) is 15.6 Å². The minimum Gasteiger partial charge on any atom is -0.481 e. The molecule has 0 radical (unpaired) electrons. The van der Waals surface area contributed by atoms with Gasteiger partial charge in [0.25, 0.3) is 0 Å². The highest BCUT2D eigenvalue weighted by atomic mass is 32.1. The van der Waals surface area contributed by atoms with E-state index in [9.17, 15) is 4.79 Å². The zero-order chi connectivity index (χ0) is 21.8. The highest BCUT2D eigenvalue weighted by molar-refractivity contribution is 7.20. The Bertz CT molecular complexity index is 1220. The number of benzene rings is 2. The van der Waals surface area contributed by atoms with E-state index in [0.29, 0.717) is 16.4 Å². The third kappa shape index (κ3) is 4.67. The first kappa shape index (κ1) is 20.4. The van der Waals surface area contributed by atoms with Crippen molar-refractivity contribution in [2.75, 3.05) is 11.9 Å². The van der Waals surface area contributed by atoms with Crippen LogP contribution < -0.4 is 15.8 Å². The van der Waals surface area contributed by atoms with Crippen LogP contribution in [-0.4, -0.2) is 28.3 Å². The fraction of sp³-hybridized carbons (Fsp3) is 0.136. The molecule has 9 heteroatoms. The van der Waals surface area contributed by atoms with Crippen molar-refractivity contribution in [1.82, 2.24) is 9.78 Å². The van der Waals surface area contributed by atoms with Crippen LogP contribution in [0.1, 0.15) is 16.5 Å². The van der Waals surface area contributed by atoms with Gasteiger partial charge in [-0.05, 0) is 23.8 Å². The number of amidine groups is 1. The molecule has 0 aliphatic rings. The van der Waals surface area contributed by atoms with Gasteiger partial charge in [0.2, 0.25) is 0 Å². The summed E-state index contributed by atoms with van der Waals surface area (Å²) in [6.07, 6.45) is 0.466. The molecule has 0 aliphatic heterocycles. The molecule has 2 heterocycles. The Morgan fingerprint density at radius 3 is 2.74 bits per heavy atom. The number of nitrogens with one attached hydrogen (secondary N) is 2. The van der Waals surface area contributed by atoms with E-state index in [2.05, 4.69) is 10.4 Å². The highest BCUT2D eigenvalue weighted by Crippen LogP contribution is 2.35. The van der Waals surface area contributed by atoms with Crippen molar-refractivity contribution < 1.29 is 14.3 Å². The predicted octanol–water partition coefficient (Wildman–Crippen LogP) is 4.29. The monoisotopic (exact) mass is 435 g/mol. The molecular weight excluding hydrogens is 414 g/mol. The van der Waals surface area contributed by atoms with Crippen LogP contribution in [0.4, 0.5) is 10.6 Å². The number of aryl methyl sites for hydroxylation is 1. The second-order valence-corrected chi connectivity index (χ2v) is 7.86. The molecule has 0 fully saturated rings. The van der Waals surface area contributed by atoms with Gasteiger partial charge in [0, 0.05) is 23.2 Å². The lowest BCUT2D eigenvalue weighted by atomic mass is 10.1. The van der Waals surface area contributed by atoms with Gasteiger partial charge in [-0.15, -0.1) is 11.3 Å². The number of carbonyl (C=O) groups is 1. The molecule has 0 spiro atoms. The van der Waals surface area contributed by atoms with Crippen LogP contribution in [0.5, 0.6) is 5.75 Å². The van der Waals surface area contributed by atoms with Gasteiger partial charge in [0.05, 0.1) is 11.1 Å². The van der Waals surface area contributed by atoms with Gasteiger partial charge in [0.15, 0.2) is 6.10 Å². The van der Waals surface area contributed by atoms with Crippen LogP contribution in [0.25, 0.3) is 10.1 Å². The number of hydrogen-bond acceptors (Lipinski definition) is 6. The fourth-order valence-corrected chi connectivity index (χ4v) is 4.02. The lowest BCUT2D eigenvalue weighted by molar-refractivity contribution is 0.0909. The molecule has 31 heavy (non-hydrogen) atoms. The van der Waals surface area contributed by atoms with E-state index in [1.54, 1.807) is 19.3 Å². The SMILES string of the molecule is Cn1nccc1NC(=O)OCC(Oc1cccc2sc(C(=N)N)cc12)c1ccccc1. The molecule has 0 saturated heterocycles. The molecule has 2 aromatic heterocycles. The number of aromatic nitrogens is 2. The molecular formula is C22H21N5O3S. The smallest absolute Gasteiger partial charge is 0.412 e. The van der Waals surface area contributed by atoms with Crippen molar-refractivity contribution >= 4 is 39.2 Å². The zero-order valence-electron chi connectivity index (χ0n) is 16.7. The standard InChI is InChI=1S/C22H21N5O3S/c1-27-20(10-11-25-27)26-22(28)29-13-17(14-6-3-2-4-7-14)30-16-8-5-9-18-15(16)12-19(31-18)21(23)24/h2-12,17H,13H2,1H3,(H3,23,24)(H,26,28). The van der Waals surface area contributed by atoms with Gasteiger partial charge >= 0.3 is 6.09 Å². The number of thiophene rings is 1. The van der Waals surface area contributed by atoms with E-state index in [4.69, 9.17) is 20.6 Å². The Morgan fingerprint density at radius 1 is 1.23 bits per heavy atom. The van der Waals surface area contributed by atoms with Crippen LogP contribution in [0.15, 0.2) is 66.9 Å². The molecule has 158 valence electrons. The summed E-state index contributed by atoms with van der Waals surface area (Å²) in [5.41, 5.74) is 6.52. The molecule has 4 rings (SSSR count). The van der Waals surface area contributed by atoms with Gasteiger partial charge in [-0.2, -0.15) is 5.10 Å². The van der Waals surface area contributed by atoms with Gasteiger partial charge in [-0.3, -0.25) is 15.4 Å². The summed E-state index contributed by atoms with van der Waals surface area (Å²) < 4.78 is 14.2. The number of nitrogens with two attached hydrogens (primary N) is 1. The van der Waals surface area contributed by atoms with Gasteiger partial charge < -0.3 is 15.2 Å². The van der Waals surface area contributed by atoms with Crippen molar-refractivity contribution in [2.45, 2.75) is 6.10 Å². The molecule has 0 bridgehead atoms. The molecule has 4 aromatic rings. The zero-order valence-corrected chi connectivity index (χ0v) is 17.6. The third-order valence-corrected chi connectivity index (χ3v) is 5.78. The molecule has 2 aromatic carbocycles. The Labute approximate surface area is 182 Å². The van der Waals surface area contributed by atoms with Crippen LogP contribution in [0.3, 0.4) is 0 Å². The number of rotatable bonds is 7. The number of anilines is 1. The maximum Gasteiger partial charge on any atom is 0.412 e. The first-order chi connectivity index (χ1) is 15.0. The maximum absolute atomic E-state index is 12.3. The van der Waals surface area contributed by atoms with Crippen LogP contribution in [0, 0.1) is 5.41 Å². The van der Waals surface area contributed by atoms with Crippen molar-refractivity contribution in [3.63, 3.8) is 0 Å². The van der Waals surface area contributed by atoms with E-state index in [1.807, 2.05) is 54.6 Å². The first-order valence-corrected chi connectivity index (χ1v) is 10.3. The van der Waals surface area contributed by atoms with Gasteiger partial charge in [0.1, 0.15) is 24.0 Å². The lowest BCUT2D eigenvalue weighted by Crippen LogP contribution is -2.22. The number of fused-ring (bicyclic) bond motifs is 1. The van der Waals surface area contributed by atoms with E-state index in [-0.39, 0.29) is 12.4 Å². The van der Waals surface area contributed by atoms with Crippen LogP contribution in [-0.2, 0) is 11.8 Å². The molecule has 1 unspecified atom stereocenters. The summed E-state index contributed by atoms with van der Waals surface area (Å²) in [5.74, 6) is 1.18. The fourth-order valence-electron chi connectivity index (χ4n) is 3.08.